The number of hydrogen-bond acceptors (Lipinski definition) is 5. The number of ether oxygens (including phenoxy) is 1. The van der Waals surface area contributed by atoms with Crippen LogP contribution in [0.4, 0.5) is 0 Å². The molecule has 0 saturated heterocycles. The van der Waals surface area contributed by atoms with Gasteiger partial charge in [0.1, 0.15) is 24.5 Å². The molecule has 1 N–H and O–H groups in total. The van der Waals surface area contributed by atoms with Crippen LogP contribution in [-0.2, 0) is 0 Å². The van der Waals surface area contributed by atoms with Crippen molar-refractivity contribution in [1.82, 2.24) is 4.90 Å². The van der Waals surface area contributed by atoms with Crippen molar-refractivity contribution in [1.29, 1.82) is 5.26 Å². The van der Waals surface area contributed by atoms with E-state index in [2.05, 4.69) is 25.0 Å². The summed E-state index contributed by atoms with van der Waals surface area (Å²) in [6.07, 6.45) is 3.45. The maximum absolute atomic E-state index is 12.2. The van der Waals surface area contributed by atoms with Crippen molar-refractivity contribution in [2.24, 2.45) is 0 Å². The molecule has 5 heteroatoms. The molecule has 0 aliphatic carbocycles. The molecule has 0 aromatic heterocycles. The van der Waals surface area contributed by atoms with E-state index in [9.17, 15) is 15.2 Å². The molecular weight excluding hydrogens is 328 g/mol. The molecule has 0 fully saturated rings. The SMILES string of the molecule is CCC#CN(C)CC(O)COc1ccc(C(=O)CCCCC)cc1C#N. The second kappa shape index (κ2) is 12.0. The Morgan fingerprint density at radius 3 is 2.77 bits per heavy atom. The van der Waals surface area contributed by atoms with E-state index >= 15 is 0 Å². The number of hydrogen-bond donors (Lipinski definition) is 1. The van der Waals surface area contributed by atoms with Crippen LogP contribution in [0.3, 0.4) is 0 Å². The number of carbonyl (C=O) groups is 1. The lowest BCUT2D eigenvalue weighted by Gasteiger charge is -2.17. The first-order chi connectivity index (χ1) is 12.5. The third-order valence-corrected chi connectivity index (χ3v) is 3.79. The molecule has 0 bridgehead atoms. The van der Waals surface area contributed by atoms with E-state index in [1.165, 1.54) is 0 Å². The lowest BCUT2D eigenvalue weighted by molar-refractivity contribution is 0.0893. The average Bonchev–Trinajstić information content (AvgIpc) is 2.64. The zero-order valence-corrected chi connectivity index (χ0v) is 15.9. The number of benzene rings is 1. The van der Waals surface area contributed by atoms with Gasteiger partial charge in [0.05, 0.1) is 12.1 Å². The summed E-state index contributed by atoms with van der Waals surface area (Å²) in [6.45, 7) is 4.45. The van der Waals surface area contributed by atoms with Crippen LogP contribution >= 0.6 is 0 Å². The first kappa shape index (κ1) is 21.5. The number of carbonyl (C=O) groups excluding carboxylic acids is 1. The van der Waals surface area contributed by atoms with Crippen molar-refractivity contribution < 1.29 is 14.6 Å². The number of nitriles is 1. The number of unbranched alkanes of at least 4 members (excludes halogenated alkanes) is 2. The van der Waals surface area contributed by atoms with Crippen LogP contribution in [-0.4, -0.2) is 42.1 Å². The van der Waals surface area contributed by atoms with Crippen molar-refractivity contribution in [3.05, 3.63) is 29.3 Å². The first-order valence-corrected chi connectivity index (χ1v) is 9.09. The predicted molar refractivity (Wildman–Crippen MR) is 102 cm³/mol. The van der Waals surface area contributed by atoms with Gasteiger partial charge in [-0.1, -0.05) is 32.6 Å². The van der Waals surface area contributed by atoms with E-state index in [1.54, 1.807) is 30.1 Å². The first-order valence-electron chi connectivity index (χ1n) is 9.09. The van der Waals surface area contributed by atoms with Crippen LogP contribution in [0.2, 0.25) is 0 Å². The zero-order valence-electron chi connectivity index (χ0n) is 15.9. The standard InChI is InChI=1S/C21H28N2O3/c1-4-6-8-9-20(25)17-10-11-21(18(13-17)14-22)26-16-19(24)15-23(3)12-7-5-2/h10-11,13,19,24H,4-6,8-9,15-16H2,1-3H3. The van der Waals surface area contributed by atoms with Gasteiger partial charge in [-0.05, 0) is 24.6 Å². The van der Waals surface area contributed by atoms with Gasteiger partial charge in [-0.2, -0.15) is 5.26 Å². The van der Waals surface area contributed by atoms with Crippen LogP contribution in [0.1, 0.15) is 61.9 Å². The van der Waals surface area contributed by atoms with E-state index < -0.39 is 6.10 Å². The molecular formula is C21H28N2O3. The van der Waals surface area contributed by atoms with Gasteiger partial charge < -0.3 is 14.7 Å². The van der Waals surface area contributed by atoms with Crippen molar-refractivity contribution in [2.45, 2.75) is 52.1 Å². The van der Waals surface area contributed by atoms with Crippen LogP contribution in [0, 0.1) is 23.3 Å². The summed E-state index contributed by atoms with van der Waals surface area (Å²) >= 11 is 0. The molecule has 1 unspecified atom stereocenters. The second-order valence-electron chi connectivity index (χ2n) is 6.19. The maximum Gasteiger partial charge on any atom is 0.162 e. The minimum atomic E-state index is -0.729. The van der Waals surface area contributed by atoms with Crippen LogP contribution in [0.15, 0.2) is 18.2 Å². The van der Waals surface area contributed by atoms with E-state index in [1.807, 2.05) is 6.92 Å². The molecule has 5 nitrogen and oxygen atoms in total. The Hall–Kier alpha value is -2.50. The summed E-state index contributed by atoms with van der Waals surface area (Å²) in [5.74, 6) is 3.34. The fraction of sp³-hybridized carbons (Fsp3) is 0.524. The summed E-state index contributed by atoms with van der Waals surface area (Å²) in [5.41, 5.74) is 0.831. The Balaban J connectivity index is 2.65. The van der Waals surface area contributed by atoms with Gasteiger partial charge in [-0.3, -0.25) is 4.79 Å². The molecule has 0 amide bonds. The van der Waals surface area contributed by atoms with Gasteiger partial charge in [0.2, 0.25) is 0 Å². The highest BCUT2D eigenvalue weighted by atomic mass is 16.5. The van der Waals surface area contributed by atoms with Gasteiger partial charge >= 0.3 is 0 Å². The number of ketones is 1. The van der Waals surface area contributed by atoms with Gasteiger partial charge in [0.15, 0.2) is 5.78 Å². The van der Waals surface area contributed by atoms with Gasteiger partial charge in [-0.25, -0.2) is 0 Å². The molecule has 0 saturated carbocycles. The summed E-state index contributed by atoms with van der Waals surface area (Å²) in [5, 5.41) is 19.4. The highest BCUT2D eigenvalue weighted by molar-refractivity contribution is 5.96. The highest BCUT2D eigenvalue weighted by Crippen LogP contribution is 2.21. The number of Topliss-reactive ketones (excluding diaryl/α,β-unsaturated/α-hetero) is 1. The normalized spacial score (nSPS) is 11.0. The van der Waals surface area contributed by atoms with E-state index in [0.29, 0.717) is 29.8 Å². The third-order valence-electron chi connectivity index (χ3n) is 3.79. The number of rotatable bonds is 10. The van der Waals surface area contributed by atoms with Gasteiger partial charge in [0, 0.05) is 31.5 Å². The van der Waals surface area contributed by atoms with E-state index in [-0.39, 0.29) is 12.4 Å². The number of aliphatic hydroxyl groups is 1. The highest BCUT2D eigenvalue weighted by Gasteiger charge is 2.13. The molecule has 1 aromatic rings. The molecule has 0 aliphatic rings. The smallest absolute Gasteiger partial charge is 0.162 e. The number of aliphatic hydroxyl groups excluding tert-OH is 1. The van der Waals surface area contributed by atoms with Crippen LogP contribution < -0.4 is 4.74 Å². The Bertz CT molecular complexity index is 683. The molecule has 0 aliphatic heterocycles. The Morgan fingerprint density at radius 2 is 2.12 bits per heavy atom. The van der Waals surface area contributed by atoms with E-state index in [0.717, 1.165) is 25.7 Å². The molecule has 140 valence electrons. The number of nitrogens with zero attached hydrogens (tertiary/aromatic N) is 2. The van der Waals surface area contributed by atoms with Crippen molar-refractivity contribution in [2.75, 3.05) is 20.2 Å². The second-order valence-corrected chi connectivity index (χ2v) is 6.19. The maximum atomic E-state index is 12.2. The fourth-order valence-electron chi connectivity index (χ4n) is 2.41. The van der Waals surface area contributed by atoms with Crippen molar-refractivity contribution >= 4 is 5.78 Å². The van der Waals surface area contributed by atoms with Gasteiger partial charge in [0.25, 0.3) is 0 Å². The Kier molecular flexibility index (Phi) is 9.90. The monoisotopic (exact) mass is 356 g/mol. The van der Waals surface area contributed by atoms with Crippen molar-refractivity contribution in [3.8, 4) is 23.8 Å². The molecule has 26 heavy (non-hydrogen) atoms. The lowest BCUT2D eigenvalue weighted by Crippen LogP contribution is -2.30. The topological polar surface area (TPSA) is 73.6 Å². The largest absolute Gasteiger partial charge is 0.489 e. The summed E-state index contributed by atoms with van der Waals surface area (Å²) in [4.78, 5) is 13.9. The minimum Gasteiger partial charge on any atom is -0.489 e. The van der Waals surface area contributed by atoms with E-state index in [4.69, 9.17) is 4.74 Å². The Labute approximate surface area is 156 Å². The molecule has 1 aromatic carbocycles. The van der Waals surface area contributed by atoms with Gasteiger partial charge in [-0.15, -0.1) is 0 Å². The summed E-state index contributed by atoms with van der Waals surface area (Å²) < 4.78 is 5.57. The molecule has 1 rings (SSSR count). The summed E-state index contributed by atoms with van der Waals surface area (Å²) in [7, 11) is 1.80. The molecule has 0 spiro atoms. The predicted octanol–water partition coefficient (Wildman–Crippen LogP) is 3.36. The minimum absolute atomic E-state index is 0.0395. The van der Waals surface area contributed by atoms with Crippen LogP contribution in [0.5, 0.6) is 5.75 Å². The average molecular weight is 356 g/mol. The number of likely N-dealkylation sites (N-methyl/N-ethyl adjacent to an activating group) is 1. The third kappa shape index (κ3) is 7.59. The molecule has 0 radical (unpaired) electrons. The Morgan fingerprint density at radius 1 is 1.35 bits per heavy atom. The lowest BCUT2D eigenvalue weighted by atomic mass is 10.0. The fourth-order valence-corrected chi connectivity index (χ4v) is 2.41. The quantitative estimate of drug-likeness (QED) is 0.301. The summed E-state index contributed by atoms with van der Waals surface area (Å²) in [6, 6.07) is 9.83. The van der Waals surface area contributed by atoms with Crippen molar-refractivity contribution in [3.63, 3.8) is 0 Å². The molecule has 1 atom stereocenters. The molecule has 0 heterocycles. The van der Waals surface area contributed by atoms with Crippen LogP contribution in [0.25, 0.3) is 0 Å². The zero-order chi connectivity index (χ0) is 19.4.